The maximum absolute atomic E-state index is 5.69. The van der Waals surface area contributed by atoms with E-state index in [-0.39, 0.29) is 0 Å². The summed E-state index contributed by atoms with van der Waals surface area (Å²) in [7, 11) is 0. The third-order valence-corrected chi connectivity index (χ3v) is 4.14. The van der Waals surface area contributed by atoms with Crippen LogP contribution in [0.5, 0.6) is 0 Å². The second kappa shape index (κ2) is 5.47. The topological polar surface area (TPSA) is 12.5 Å². The van der Waals surface area contributed by atoms with Gasteiger partial charge in [0, 0.05) is 24.5 Å². The quantitative estimate of drug-likeness (QED) is 0.724. The van der Waals surface area contributed by atoms with Crippen LogP contribution in [-0.2, 0) is 4.74 Å². The van der Waals surface area contributed by atoms with Crippen molar-refractivity contribution in [2.24, 2.45) is 0 Å². The Hall–Kier alpha value is 0.400. The molecule has 0 spiro atoms. The van der Waals surface area contributed by atoms with E-state index in [1.54, 1.807) is 0 Å². The molecular formula is C11H20BrNO. The Morgan fingerprint density at radius 1 is 1.21 bits per heavy atom. The molecule has 0 aromatic carbocycles. The van der Waals surface area contributed by atoms with Gasteiger partial charge in [-0.05, 0) is 32.2 Å². The van der Waals surface area contributed by atoms with Crippen LogP contribution in [0.3, 0.4) is 0 Å². The normalized spacial score (nSPS) is 34.9. The molecule has 0 amide bonds. The Kier molecular flexibility index (Phi) is 4.26. The minimum atomic E-state index is 0.523. The Bertz CT molecular complexity index is 171. The predicted octanol–water partition coefficient (Wildman–Crippen LogP) is 2.41. The first-order valence-electron chi connectivity index (χ1n) is 5.82. The zero-order chi connectivity index (χ0) is 9.80. The molecule has 2 fully saturated rings. The Balaban J connectivity index is 1.81. The lowest BCUT2D eigenvalue weighted by atomic mass is 10.0. The highest BCUT2D eigenvalue weighted by atomic mass is 79.9. The summed E-state index contributed by atoms with van der Waals surface area (Å²) in [4.78, 5) is 2.62. The molecule has 3 heteroatoms. The van der Waals surface area contributed by atoms with Crippen molar-refractivity contribution in [3.63, 3.8) is 0 Å². The largest absolute Gasteiger partial charge is 0.377 e. The van der Waals surface area contributed by atoms with Crippen LogP contribution in [0, 0.1) is 0 Å². The first kappa shape index (κ1) is 10.9. The maximum atomic E-state index is 5.69. The average Bonchev–Trinajstić information content (AvgIpc) is 2.71. The van der Waals surface area contributed by atoms with Crippen molar-refractivity contribution in [1.82, 2.24) is 4.90 Å². The molecular weight excluding hydrogens is 242 g/mol. The fourth-order valence-electron chi connectivity index (χ4n) is 2.52. The summed E-state index contributed by atoms with van der Waals surface area (Å²) < 4.78 is 5.69. The van der Waals surface area contributed by atoms with Crippen LogP contribution in [-0.4, -0.2) is 42.1 Å². The third kappa shape index (κ3) is 2.71. The number of likely N-dealkylation sites (tertiary alicyclic amines) is 1. The Labute approximate surface area is 95.1 Å². The monoisotopic (exact) mass is 261 g/mol. The SMILES string of the molecule is BrCC1CCCCN1CC1CCCO1. The third-order valence-electron chi connectivity index (χ3n) is 3.39. The van der Waals surface area contributed by atoms with Crippen LogP contribution in [0.15, 0.2) is 0 Å². The van der Waals surface area contributed by atoms with Crippen LogP contribution in [0.25, 0.3) is 0 Å². The molecule has 0 radical (unpaired) electrons. The van der Waals surface area contributed by atoms with Gasteiger partial charge in [0.2, 0.25) is 0 Å². The number of nitrogens with zero attached hydrogens (tertiary/aromatic N) is 1. The molecule has 2 aliphatic rings. The van der Waals surface area contributed by atoms with E-state index in [4.69, 9.17) is 4.74 Å². The number of ether oxygens (including phenoxy) is 1. The van der Waals surface area contributed by atoms with Gasteiger partial charge < -0.3 is 4.74 Å². The van der Waals surface area contributed by atoms with Crippen LogP contribution >= 0.6 is 15.9 Å². The minimum Gasteiger partial charge on any atom is -0.377 e. The van der Waals surface area contributed by atoms with Gasteiger partial charge in [-0.2, -0.15) is 0 Å². The highest BCUT2D eigenvalue weighted by molar-refractivity contribution is 9.09. The Morgan fingerprint density at radius 2 is 2.14 bits per heavy atom. The van der Waals surface area contributed by atoms with Gasteiger partial charge in [0.15, 0.2) is 0 Å². The number of rotatable bonds is 3. The second-order valence-corrected chi connectivity index (χ2v) is 5.08. The second-order valence-electron chi connectivity index (χ2n) is 4.43. The van der Waals surface area contributed by atoms with Crippen molar-refractivity contribution < 1.29 is 4.74 Å². The molecule has 0 saturated carbocycles. The van der Waals surface area contributed by atoms with Crippen molar-refractivity contribution in [2.45, 2.75) is 44.2 Å². The molecule has 0 bridgehead atoms. The van der Waals surface area contributed by atoms with E-state index in [0.717, 1.165) is 24.5 Å². The van der Waals surface area contributed by atoms with Crippen molar-refractivity contribution in [3.8, 4) is 0 Å². The molecule has 2 nitrogen and oxygen atoms in total. The molecule has 82 valence electrons. The van der Waals surface area contributed by atoms with E-state index in [9.17, 15) is 0 Å². The summed E-state index contributed by atoms with van der Waals surface area (Å²) in [5.74, 6) is 0. The molecule has 2 unspecified atom stereocenters. The van der Waals surface area contributed by atoms with Gasteiger partial charge in [-0.15, -0.1) is 0 Å². The number of halogens is 1. The molecule has 2 atom stereocenters. The summed E-state index contributed by atoms with van der Waals surface area (Å²) in [6.45, 7) is 3.42. The van der Waals surface area contributed by atoms with Gasteiger partial charge in [-0.3, -0.25) is 4.90 Å². The molecule has 2 heterocycles. The van der Waals surface area contributed by atoms with E-state index in [0.29, 0.717) is 6.10 Å². The maximum Gasteiger partial charge on any atom is 0.0702 e. The number of hydrogen-bond acceptors (Lipinski definition) is 2. The van der Waals surface area contributed by atoms with Crippen molar-refractivity contribution in [3.05, 3.63) is 0 Å². The summed E-state index contributed by atoms with van der Waals surface area (Å²) in [6, 6.07) is 0.757. The van der Waals surface area contributed by atoms with E-state index in [2.05, 4.69) is 20.8 Å². The highest BCUT2D eigenvalue weighted by Gasteiger charge is 2.25. The first-order chi connectivity index (χ1) is 6.90. The van der Waals surface area contributed by atoms with E-state index in [1.165, 1.54) is 38.6 Å². The zero-order valence-corrected chi connectivity index (χ0v) is 10.3. The zero-order valence-electron chi connectivity index (χ0n) is 8.75. The van der Waals surface area contributed by atoms with E-state index in [1.807, 2.05) is 0 Å². The average molecular weight is 262 g/mol. The standard InChI is InChI=1S/C11H20BrNO/c12-8-10-4-1-2-6-13(10)9-11-5-3-7-14-11/h10-11H,1-9H2. The van der Waals surface area contributed by atoms with Crippen molar-refractivity contribution >= 4 is 15.9 Å². The van der Waals surface area contributed by atoms with Crippen LogP contribution in [0.1, 0.15) is 32.1 Å². The molecule has 0 aromatic rings. The summed E-state index contributed by atoms with van der Waals surface area (Å²) in [5, 5.41) is 1.12. The lowest BCUT2D eigenvalue weighted by Crippen LogP contribution is -2.44. The fraction of sp³-hybridized carbons (Fsp3) is 1.00. The molecule has 0 N–H and O–H groups in total. The number of piperidine rings is 1. The van der Waals surface area contributed by atoms with E-state index < -0.39 is 0 Å². The van der Waals surface area contributed by atoms with Crippen molar-refractivity contribution in [1.29, 1.82) is 0 Å². The van der Waals surface area contributed by atoms with E-state index >= 15 is 0 Å². The van der Waals surface area contributed by atoms with Gasteiger partial charge in [0.05, 0.1) is 6.10 Å². The molecule has 14 heavy (non-hydrogen) atoms. The van der Waals surface area contributed by atoms with Gasteiger partial charge >= 0.3 is 0 Å². The molecule has 0 aromatic heterocycles. The van der Waals surface area contributed by atoms with Crippen molar-refractivity contribution in [2.75, 3.05) is 25.0 Å². The molecule has 0 aliphatic carbocycles. The van der Waals surface area contributed by atoms with Gasteiger partial charge in [-0.25, -0.2) is 0 Å². The molecule has 2 rings (SSSR count). The smallest absolute Gasteiger partial charge is 0.0702 e. The highest BCUT2D eigenvalue weighted by Crippen LogP contribution is 2.21. The predicted molar refractivity (Wildman–Crippen MR) is 62.0 cm³/mol. The lowest BCUT2D eigenvalue weighted by molar-refractivity contribution is 0.0498. The van der Waals surface area contributed by atoms with Gasteiger partial charge in [0.1, 0.15) is 0 Å². The number of alkyl halides is 1. The van der Waals surface area contributed by atoms with Crippen LogP contribution < -0.4 is 0 Å². The summed E-state index contributed by atoms with van der Waals surface area (Å²) >= 11 is 3.62. The van der Waals surface area contributed by atoms with Gasteiger partial charge in [-0.1, -0.05) is 22.4 Å². The fourth-order valence-corrected chi connectivity index (χ4v) is 3.26. The minimum absolute atomic E-state index is 0.523. The molecule has 2 aliphatic heterocycles. The summed E-state index contributed by atoms with van der Waals surface area (Å²) in [6.07, 6.45) is 7.18. The molecule has 2 saturated heterocycles. The van der Waals surface area contributed by atoms with Crippen LogP contribution in [0.2, 0.25) is 0 Å². The Morgan fingerprint density at radius 3 is 2.86 bits per heavy atom. The number of hydrogen-bond donors (Lipinski definition) is 0. The lowest BCUT2D eigenvalue weighted by Gasteiger charge is -2.36. The first-order valence-corrected chi connectivity index (χ1v) is 6.94. The van der Waals surface area contributed by atoms with Crippen LogP contribution in [0.4, 0.5) is 0 Å². The summed E-state index contributed by atoms with van der Waals surface area (Å²) in [5.41, 5.74) is 0. The van der Waals surface area contributed by atoms with Gasteiger partial charge in [0.25, 0.3) is 0 Å².